The molecule has 0 spiro atoms. The van der Waals surface area contributed by atoms with Crippen LogP contribution < -0.4 is 0 Å². The SMILES string of the molecule is c1ccc(-c2ccc(-c3ccc(-n4c5ccccc5c5cc(-c6ccc7c(c6)c6ccccc6n7-c6cccc(-c7ccccc7)c6)ccc54)cc3)cc2)cc1. The van der Waals surface area contributed by atoms with E-state index in [1.54, 1.807) is 0 Å². The number of rotatable bonds is 6. The first-order valence-corrected chi connectivity index (χ1v) is 19.3. The van der Waals surface area contributed by atoms with Gasteiger partial charge in [0.2, 0.25) is 0 Å². The Balaban J connectivity index is 0.979. The van der Waals surface area contributed by atoms with Crippen molar-refractivity contribution < 1.29 is 0 Å². The van der Waals surface area contributed by atoms with Gasteiger partial charge in [0.05, 0.1) is 22.1 Å². The predicted octanol–water partition coefficient (Wildman–Crippen LogP) is 14.5. The summed E-state index contributed by atoms with van der Waals surface area (Å²) in [5, 5.41) is 5.00. The monoisotopic (exact) mass is 712 g/mol. The van der Waals surface area contributed by atoms with Crippen molar-refractivity contribution in [3.8, 4) is 55.9 Å². The number of aromatic nitrogens is 2. The molecule has 2 heterocycles. The number of hydrogen-bond acceptors (Lipinski definition) is 0. The van der Waals surface area contributed by atoms with Crippen molar-refractivity contribution >= 4 is 43.6 Å². The lowest BCUT2D eigenvalue weighted by molar-refractivity contribution is 1.18. The van der Waals surface area contributed by atoms with Crippen LogP contribution in [0.2, 0.25) is 0 Å². The summed E-state index contributed by atoms with van der Waals surface area (Å²) in [4.78, 5) is 0. The van der Waals surface area contributed by atoms with Gasteiger partial charge in [-0.1, -0.05) is 158 Å². The Morgan fingerprint density at radius 3 is 1.09 bits per heavy atom. The van der Waals surface area contributed by atoms with E-state index in [1.807, 2.05) is 0 Å². The Morgan fingerprint density at radius 1 is 0.196 bits per heavy atom. The van der Waals surface area contributed by atoms with Crippen LogP contribution in [0.4, 0.5) is 0 Å². The summed E-state index contributed by atoms with van der Waals surface area (Å²) in [5.41, 5.74) is 16.9. The maximum atomic E-state index is 2.41. The van der Waals surface area contributed by atoms with Crippen molar-refractivity contribution in [2.24, 2.45) is 0 Å². The zero-order valence-corrected chi connectivity index (χ0v) is 30.7. The normalized spacial score (nSPS) is 11.6. The average Bonchev–Trinajstić information content (AvgIpc) is 3.79. The van der Waals surface area contributed by atoms with Gasteiger partial charge >= 0.3 is 0 Å². The zero-order chi connectivity index (χ0) is 37.0. The fourth-order valence-electron chi connectivity index (χ4n) is 8.61. The fraction of sp³-hybridized carbons (Fsp3) is 0. The Labute approximate surface area is 325 Å². The lowest BCUT2D eigenvalue weighted by Crippen LogP contribution is -1.94. The van der Waals surface area contributed by atoms with Crippen LogP contribution in [0.3, 0.4) is 0 Å². The summed E-state index contributed by atoms with van der Waals surface area (Å²) in [6, 6.07) is 79.3. The van der Waals surface area contributed by atoms with Crippen LogP contribution in [-0.2, 0) is 0 Å². The zero-order valence-electron chi connectivity index (χ0n) is 30.7. The fourth-order valence-corrected chi connectivity index (χ4v) is 8.61. The van der Waals surface area contributed by atoms with Crippen molar-refractivity contribution in [1.29, 1.82) is 0 Å². The molecule has 0 aliphatic heterocycles. The molecular formula is C54H36N2. The number of fused-ring (bicyclic) bond motifs is 6. The third kappa shape index (κ3) is 5.34. The lowest BCUT2D eigenvalue weighted by Gasteiger charge is -2.11. The van der Waals surface area contributed by atoms with E-state index in [1.165, 1.54) is 88.1 Å². The molecule has 0 fully saturated rings. The van der Waals surface area contributed by atoms with Crippen molar-refractivity contribution in [2.75, 3.05) is 0 Å². The molecule has 11 rings (SSSR count). The van der Waals surface area contributed by atoms with Crippen molar-refractivity contribution in [3.63, 3.8) is 0 Å². The van der Waals surface area contributed by atoms with Crippen molar-refractivity contribution in [2.45, 2.75) is 0 Å². The molecule has 0 aliphatic rings. The van der Waals surface area contributed by atoms with Crippen LogP contribution in [0, 0.1) is 0 Å². The van der Waals surface area contributed by atoms with Crippen LogP contribution in [-0.4, -0.2) is 9.13 Å². The number of benzene rings is 9. The van der Waals surface area contributed by atoms with Gasteiger partial charge in [-0.25, -0.2) is 0 Å². The van der Waals surface area contributed by atoms with E-state index in [-0.39, 0.29) is 0 Å². The second-order valence-electron chi connectivity index (χ2n) is 14.6. The molecule has 9 aromatic carbocycles. The van der Waals surface area contributed by atoms with Crippen LogP contribution in [0.15, 0.2) is 218 Å². The van der Waals surface area contributed by atoms with E-state index < -0.39 is 0 Å². The first-order valence-electron chi connectivity index (χ1n) is 19.3. The molecule has 0 atom stereocenters. The van der Waals surface area contributed by atoms with Crippen molar-refractivity contribution in [1.82, 2.24) is 9.13 Å². The van der Waals surface area contributed by atoms with Crippen LogP contribution in [0.1, 0.15) is 0 Å². The van der Waals surface area contributed by atoms with E-state index >= 15 is 0 Å². The van der Waals surface area contributed by atoms with Crippen LogP contribution >= 0.6 is 0 Å². The van der Waals surface area contributed by atoms with Gasteiger partial charge in [-0.05, 0) is 105 Å². The second-order valence-corrected chi connectivity index (χ2v) is 14.6. The number of hydrogen-bond donors (Lipinski definition) is 0. The molecule has 0 N–H and O–H groups in total. The Morgan fingerprint density at radius 2 is 0.554 bits per heavy atom. The Hall–Kier alpha value is -7.42. The summed E-state index contributed by atoms with van der Waals surface area (Å²) in [6.45, 7) is 0. The maximum Gasteiger partial charge on any atom is 0.0541 e. The predicted molar refractivity (Wildman–Crippen MR) is 237 cm³/mol. The quantitative estimate of drug-likeness (QED) is 0.162. The van der Waals surface area contributed by atoms with Crippen LogP contribution in [0.25, 0.3) is 99.5 Å². The van der Waals surface area contributed by atoms with E-state index in [4.69, 9.17) is 0 Å². The molecular weight excluding hydrogens is 677 g/mol. The molecule has 262 valence electrons. The molecule has 0 saturated carbocycles. The molecule has 56 heavy (non-hydrogen) atoms. The smallest absolute Gasteiger partial charge is 0.0541 e. The third-order valence-corrected chi connectivity index (χ3v) is 11.3. The molecule has 2 heteroatoms. The molecule has 0 aliphatic carbocycles. The highest BCUT2D eigenvalue weighted by Crippen LogP contribution is 2.39. The minimum Gasteiger partial charge on any atom is -0.309 e. The molecule has 0 saturated heterocycles. The van der Waals surface area contributed by atoms with Gasteiger partial charge in [0.1, 0.15) is 0 Å². The first-order chi connectivity index (χ1) is 27.8. The minimum atomic E-state index is 1.15. The van der Waals surface area contributed by atoms with E-state index in [0.717, 1.165) is 11.4 Å². The Bertz CT molecular complexity index is 3200. The van der Waals surface area contributed by atoms with Gasteiger partial charge in [-0.2, -0.15) is 0 Å². The van der Waals surface area contributed by atoms with Gasteiger partial charge in [0.25, 0.3) is 0 Å². The molecule has 11 aromatic rings. The highest BCUT2D eigenvalue weighted by atomic mass is 15.0. The summed E-state index contributed by atoms with van der Waals surface area (Å²) >= 11 is 0. The number of para-hydroxylation sites is 2. The Kier molecular flexibility index (Phi) is 7.53. The molecule has 0 bridgehead atoms. The summed E-state index contributed by atoms with van der Waals surface area (Å²) in [6.07, 6.45) is 0. The molecule has 0 amide bonds. The molecule has 0 unspecified atom stereocenters. The summed E-state index contributed by atoms with van der Waals surface area (Å²) in [5.74, 6) is 0. The standard InChI is InChI=1S/C54H36N2/c1-3-12-37(13-4-1)39-22-24-40(25-23-39)41-26-30-45(31-27-41)55-51-20-9-7-18-47(51)49-35-43(28-32-53(49)55)44-29-33-54-50(36-44)48-19-8-10-21-52(48)56(54)46-17-11-16-42(34-46)38-14-5-2-6-15-38/h1-36H. The molecule has 2 nitrogen and oxygen atoms in total. The second kappa shape index (κ2) is 13.2. The van der Waals surface area contributed by atoms with Crippen molar-refractivity contribution in [3.05, 3.63) is 218 Å². The minimum absolute atomic E-state index is 1.15. The van der Waals surface area contributed by atoms with E-state index in [0.29, 0.717) is 0 Å². The van der Waals surface area contributed by atoms with Gasteiger partial charge in [0.15, 0.2) is 0 Å². The highest BCUT2D eigenvalue weighted by Gasteiger charge is 2.16. The van der Waals surface area contributed by atoms with E-state index in [9.17, 15) is 0 Å². The number of nitrogens with zero attached hydrogens (tertiary/aromatic N) is 2. The van der Waals surface area contributed by atoms with E-state index in [2.05, 4.69) is 228 Å². The molecule has 0 radical (unpaired) electrons. The van der Waals surface area contributed by atoms with Gasteiger partial charge in [-0.15, -0.1) is 0 Å². The summed E-state index contributed by atoms with van der Waals surface area (Å²) < 4.78 is 4.81. The topological polar surface area (TPSA) is 9.86 Å². The maximum absolute atomic E-state index is 2.41. The molecule has 2 aromatic heterocycles. The first kappa shape index (κ1) is 32.0. The lowest BCUT2D eigenvalue weighted by atomic mass is 10.00. The largest absolute Gasteiger partial charge is 0.309 e. The van der Waals surface area contributed by atoms with Crippen LogP contribution in [0.5, 0.6) is 0 Å². The summed E-state index contributed by atoms with van der Waals surface area (Å²) in [7, 11) is 0. The van der Waals surface area contributed by atoms with Gasteiger partial charge in [0, 0.05) is 32.9 Å². The average molecular weight is 713 g/mol. The third-order valence-electron chi connectivity index (χ3n) is 11.3. The highest BCUT2D eigenvalue weighted by molar-refractivity contribution is 6.12. The van der Waals surface area contributed by atoms with Gasteiger partial charge in [-0.3, -0.25) is 0 Å². The van der Waals surface area contributed by atoms with Gasteiger partial charge < -0.3 is 9.13 Å².